The average molecular weight is 465 g/mol. The fourth-order valence-corrected chi connectivity index (χ4v) is 5.75. The fourth-order valence-electron chi connectivity index (χ4n) is 3.98. The molecule has 2 aromatic carbocycles. The third kappa shape index (κ3) is 4.33. The molecule has 1 N–H and O–H groups in total. The smallest absolute Gasteiger partial charge is 0.264 e. The van der Waals surface area contributed by atoms with Crippen LogP contribution in [-0.4, -0.2) is 31.5 Å². The van der Waals surface area contributed by atoms with Gasteiger partial charge in [-0.15, -0.1) is 0 Å². The van der Waals surface area contributed by atoms with E-state index in [-0.39, 0.29) is 20.8 Å². The van der Waals surface area contributed by atoms with Crippen molar-refractivity contribution in [2.24, 2.45) is 11.8 Å². The molecule has 1 saturated heterocycles. The molecule has 6 nitrogen and oxygen atoms in total. The summed E-state index contributed by atoms with van der Waals surface area (Å²) in [6, 6.07) is 11.7. The lowest BCUT2D eigenvalue weighted by Gasteiger charge is -2.36. The van der Waals surface area contributed by atoms with Crippen LogP contribution in [0.1, 0.15) is 20.3 Å². The summed E-state index contributed by atoms with van der Waals surface area (Å²) < 4.78 is 28.9. The minimum atomic E-state index is -4.02. The zero-order valence-corrected chi connectivity index (χ0v) is 19.0. The summed E-state index contributed by atoms with van der Waals surface area (Å²) in [5.41, 5.74) is 1.32. The lowest BCUT2D eigenvalue weighted by Crippen LogP contribution is -2.39. The number of hydrogen-bond acceptors (Lipinski definition) is 5. The summed E-state index contributed by atoms with van der Waals surface area (Å²) in [4.78, 5) is 11.4. The second-order valence-electron chi connectivity index (χ2n) is 7.92. The molecule has 9 heteroatoms. The number of nitrogens with zero attached hydrogens (tertiary/aromatic N) is 3. The Bertz CT molecular complexity index is 1190. The van der Waals surface area contributed by atoms with Crippen LogP contribution < -0.4 is 9.62 Å². The van der Waals surface area contributed by atoms with E-state index in [9.17, 15) is 8.42 Å². The van der Waals surface area contributed by atoms with Crippen molar-refractivity contribution in [3.05, 3.63) is 52.5 Å². The number of hydrogen-bond donors (Lipinski definition) is 1. The van der Waals surface area contributed by atoms with Gasteiger partial charge in [0.1, 0.15) is 4.90 Å². The molecule has 1 aliphatic rings. The van der Waals surface area contributed by atoms with E-state index in [0.29, 0.717) is 28.7 Å². The number of nitrogens with one attached hydrogen (secondary N) is 1. The Morgan fingerprint density at radius 3 is 2.30 bits per heavy atom. The first-order valence-corrected chi connectivity index (χ1v) is 12.0. The standard InChI is InChI=1S/C21H22Cl2N4O2S/c1-13-9-14(2)12-27(11-13)21-20(24-17-5-3-4-6-18(17)25-21)26-30(28,29)19-10-15(22)7-8-16(19)23/h3-8,10,13-14H,9,11-12H2,1-2H3,(H,24,26)/t13-,14-/m1/s1. The maximum absolute atomic E-state index is 13.1. The van der Waals surface area contributed by atoms with Crippen molar-refractivity contribution in [2.75, 3.05) is 22.7 Å². The zero-order valence-electron chi connectivity index (χ0n) is 16.6. The van der Waals surface area contributed by atoms with Crippen LogP contribution in [0.2, 0.25) is 10.0 Å². The molecule has 2 heterocycles. The number of anilines is 2. The third-order valence-corrected chi connectivity index (χ3v) is 7.19. The van der Waals surface area contributed by atoms with Crippen LogP contribution in [0.4, 0.5) is 11.6 Å². The lowest BCUT2D eigenvalue weighted by atomic mass is 9.92. The summed E-state index contributed by atoms with van der Waals surface area (Å²) in [5, 5.41) is 0.366. The second kappa shape index (κ2) is 8.21. The number of sulfonamides is 1. The van der Waals surface area contributed by atoms with Crippen LogP contribution in [0.5, 0.6) is 0 Å². The molecule has 0 aliphatic carbocycles. The highest BCUT2D eigenvalue weighted by Gasteiger charge is 2.28. The zero-order chi connectivity index (χ0) is 21.5. The van der Waals surface area contributed by atoms with Crippen molar-refractivity contribution in [1.29, 1.82) is 0 Å². The number of rotatable bonds is 4. The predicted molar refractivity (Wildman–Crippen MR) is 122 cm³/mol. The van der Waals surface area contributed by atoms with Gasteiger partial charge >= 0.3 is 0 Å². The first kappa shape index (κ1) is 21.2. The van der Waals surface area contributed by atoms with E-state index in [4.69, 9.17) is 28.2 Å². The summed E-state index contributed by atoms with van der Waals surface area (Å²) in [6.45, 7) is 5.94. The molecule has 0 spiro atoms. The molecule has 0 radical (unpaired) electrons. The monoisotopic (exact) mass is 464 g/mol. The Balaban J connectivity index is 1.81. The Morgan fingerprint density at radius 1 is 1.00 bits per heavy atom. The first-order chi connectivity index (χ1) is 14.2. The minimum absolute atomic E-state index is 0.0856. The molecule has 0 unspecified atom stereocenters. The quantitative estimate of drug-likeness (QED) is 0.572. The molecule has 1 fully saturated rings. The lowest BCUT2D eigenvalue weighted by molar-refractivity contribution is 0.355. The van der Waals surface area contributed by atoms with Gasteiger partial charge < -0.3 is 4.90 Å². The molecule has 30 heavy (non-hydrogen) atoms. The summed E-state index contributed by atoms with van der Waals surface area (Å²) in [7, 11) is -4.02. The third-order valence-electron chi connectivity index (χ3n) is 5.13. The molecule has 0 amide bonds. The molecule has 0 bridgehead atoms. The summed E-state index contributed by atoms with van der Waals surface area (Å²) >= 11 is 12.1. The molecule has 1 aromatic heterocycles. The maximum Gasteiger partial charge on any atom is 0.264 e. The number of benzene rings is 2. The highest BCUT2D eigenvalue weighted by Crippen LogP contribution is 2.33. The maximum atomic E-state index is 13.1. The number of para-hydroxylation sites is 2. The van der Waals surface area contributed by atoms with Gasteiger partial charge in [-0.25, -0.2) is 18.4 Å². The summed E-state index contributed by atoms with van der Waals surface area (Å²) in [6.07, 6.45) is 1.12. The molecule has 0 saturated carbocycles. The van der Waals surface area contributed by atoms with Crippen LogP contribution in [0.25, 0.3) is 11.0 Å². The van der Waals surface area contributed by atoms with Crippen molar-refractivity contribution in [2.45, 2.75) is 25.2 Å². The van der Waals surface area contributed by atoms with Crippen molar-refractivity contribution in [1.82, 2.24) is 9.97 Å². The summed E-state index contributed by atoms with van der Waals surface area (Å²) in [5.74, 6) is 1.64. The van der Waals surface area contributed by atoms with Crippen molar-refractivity contribution >= 4 is 55.9 Å². The van der Waals surface area contributed by atoms with E-state index in [2.05, 4.69) is 28.5 Å². The molecular weight excluding hydrogens is 443 g/mol. The molecule has 1 aliphatic heterocycles. The van der Waals surface area contributed by atoms with Gasteiger partial charge in [-0.3, -0.25) is 4.72 Å². The van der Waals surface area contributed by atoms with Gasteiger partial charge in [-0.1, -0.05) is 49.2 Å². The normalized spacial score (nSPS) is 19.8. The van der Waals surface area contributed by atoms with Gasteiger partial charge in [0.05, 0.1) is 16.1 Å². The number of piperidine rings is 1. The van der Waals surface area contributed by atoms with Gasteiger partial charge in [0.15, 0.2) is 11.6 Å². The van der Waals surface area contributed by atoms with Gasteiger partial charge in [-0.05, 0) is 48.6 Å². The molecule has 158 valence electrons. The highest BCUT2D eigenvalue weighted by atomic mass is 35.5. The van der Waals surface area contributed by atoms with E-state index in [1.807, 2.05) is 18.2 Å². The Labute approximate surface area is 186 Å². The number of halogens is 2. The number of fused-ring (bicyclic) bond motifs is 1. The Kier molecular flexibility index (Phi) is 5.79. The van der Waals surface area contributed by atoms with Crippen LogP contribution in [0.3, 0.4) is 0 Å². The van der Waals surface area contributed by atoms with E-state index in [1.165, 1.54) is 12.1 Å². The van der Waals surface area contributed by atoms with Crippen LogP contribution >= 0.6 is 23.2 Å². The molecule has 3 aromatic rings. The van der Waals surface area contributed by atoms with Crippen molar-refractivity contribution < 1.29 is 8.42 Å². The van der Waals surface area contributed by atoms with E-state index in [0.717, 1.165) is 19.5 Å². The van der Waals surface area contributed by atoms with E-state index >= 15 is 0 Å². The van der Waals surface area contributed by atoms with Crippen LogP contribution in [0, 0.1) is 11.8 Å². The van der Waals surface area contributed by atoms with Crippen LogP contribution in [0.15, 0.2) is 47.4 Å². The van der Waals surface area contributed by atoms with Crippen LogP contribution in [-0.2, 0) is 10.0 Å². The highest BCUT2D eigenvalue weighted by molar-refractivity contribution is 7.92. The first-order valence-electron chi connectivity index (χ1n) is 9.72. The van der Waals surface area contributed by atoms with Gasteiger partial charge in [0.2, 0.25) is 0 Å². The van der Waals surface area contributed by atoms with E-state index < -0.39 is 10.0 Å². The molecular formula is C21H22Cl2N4O2S. The fraction of sp³-hybridized carbons (Fsp3) is 0.333. The van der Waals surface area contributed by atoms with Gasteiger partial charge in [-0.2, -0.15) is 0 Å². The van der Waals surface area contributed by atoms with Gasteiger partial charge in [0.25, 0.3) is 10.0 Å². The largest absolute Gasteiger partial charge is 0.353 e. The second-order valence-corrected chi connectivity index (χ2v) is 10.4. The molecule has 4 rings (SSSR count). The minimum Gasteiger partial charge on any atom is -0.353 e. The average Bonchev–Trinajstić information content (AvgIpc) is 2.68. The Morgan fingerprint density at radius 2 is 1.63 bits per heavy atom. The van der Waals surface area contributed by atoms with Gasteiger partial charge in [0, 0.05) is 18.1 Å². The van der Waals surface area contributed by atoms with Crippen molar-refractivity contribution in [3.63, 3.8) is 0 Å². The number of aromatic nitrogens is 2. The topological polar surface area (TPSA) is 75.2 Å². The predicted octanol–water partition coefficient (Wildman–Crippen LogP) is 5.22. The van der Waals surface area contributed by atoms with Crippen molar-refractivity contribution in [3.8, 4) is 0 Å². The SMILES string of the molecule is C[C@@H]1C[C@@H](C)CN(c2nc3ccccc3nc2NS(=O)(=O)c2cc(Cl)ccc2Cl)C1. The Hall–Kier alpha value is -2.09. The van der Waals surface area contributed by atoms with E-state index in [1.54, 1.807) is 12.1 Å². The molecule has 2 atom stereocenters.